The van der Waals surface area contributed by atoms with E-state index in [1.54, 1.807) is 46.6 Å². The third-order valence-electron chi connectivity index (χ3n) is 5.84. The second kappa shape index (κ2) is 11.2. The predicted octanol–water partition coefficient (Wildman–Crippen LogP) is 4.78. The maximum Gasteiger partial charge on any atom is 0.254 e. The van der Waals surface area contributed by atoms with E-state index in [0.29, 0.717) is 44.1 Å². The second-order valence-corrected chi connectivity index (χ2v) is 9.35. The van der Waals surface area contributed by atoms with Gasteiger partial charge in [-0.3, -0.25) is 14.3 Å². The van der Waals surface area contributed by atoms with Crippen molar-refractivity contribution >= 4 is 34.9 Å². The molecule has 0 saturated carbocycles. The standard InChI is InChI=1S/C28H26N4O3S/c33-26(29-24-11-8-22(9-12-24)28(34)31-14-16-35-17-15-31)13-10-23-20-32(19-21-5-2-1-3-6-21)30-27(23)25-7-4-18-36-25/h1-13,18,20H,14-17,19H2,(H,29,33)/b13-10+. The average molecular weight is 499 g/mol. The lowest BCUT2D eigenvalue weighted by atomic mass is 10.1. The molecule has 0 unspecified atom stereocenters. The number of hydrogen-bond donors (Lipinski definition) is 1. The molecular formula is C28H26N4O3S. The van der Waals surface area contributed by atoms with Crippen LogP contribution in [0.15, 0.2) is 84.4 Å². The van der Waals surface area contributed by atoms with Crippen LogP contribution in [0.4, 0.5) is 5.69 Å². The molecular weight excluding hydrogens is 472 g/mol. The summed E-state index contributed by atoms with van der Waals surface area (Å²) in [6, 6.07) is 21.1. The zero-order chi connectivity index (χ0) is 24.7. The predicted molar refractivity (Wildman–Crippen MR) is 142 cm³/mol. The fourth-order valence-electron chi connectivity index (χ4n) is 4.01. The minimum atomic E-state index is -0.254. The van der Waals surface area contributed by atoms with Gasteiger partial charge in [0.2, 0.25) is 5.91 Å². The van der Waals surface area contributed by atoms with E-state index in [0.717, 1.165) is 21.7 Å². The van der Waals surface area contributed by atoms with Crippen LogP contribution in [0, 0.1) is 0 Å². The lowest BCUT2D eigenvalue weighted by molar-refractivity contribution is -0.111. The molecule has 182 valence electrons. The number of morpholine rings is 1. The first-order valence-electron chi connectivity index (χ1n) is 11.8. The van der Waals surface area contributed by atoms with Crippen LogP contribution in [0.2, 0.25) is 0 Å². The van der Waals surface area contributed by atoms with Crippen molar-refractivity contribution in [2.24, 2.45) is 0 Å². The van der Waals surface area contributed by atoms with E-state index < -0.39 is 0 Å². The van der Waals surface area contributed by atoms with E-state index in [1.807, 2.05) is 46.6 Å². The van der Waals surface area contributed by atoms with Gasteiger partial charge in [-0.1, -0.05) is 36.4 Å². The first-order chi connectivity index (χ1) is 17.7. The maximum absolute atomic E-state index is 12.6. The Morgan fingerprint density at radius 3 is 2.50 bits per heavy atom. The molecule has 0 aliphatic carbocycles. The molecule has 1 N–H and O–H groups in total. The molecule has 2 aromatic carbocycles. The van der Waals surface area contributed by atoms with Crippen LogP contribution in [0.3, 0.4) is 0 Å². The number of aromatic nitrogens is 2. The van der Waals surface area contributed by atoms with E-state index in [2.05, 4.69) is 17.4 Å². The van der Waals surface area contributed by atoms with Crippen molar-refractivity contribution in [3.05, 3.63) is 101 Å². The molecule has 1 aliphatic rings. The fraction of sp³-hybridized carbons (Fsp3) is 0.179. The summed E-state index contributed by atoms with van der Waals surface area (Å²) in [5, 5.41) is 9.65. The summed E-state index contributed by atoms with van der Waals surface area (Å²) in [5.41, 5.74) is 4.09. The molecule has 1 fully saturated rings. The van der Waals surface area contributed by atoms with Crippen molar-refractivity contribution < 1.29 is 14.3 Å². The normalized spacial score (nSPS) is 13.7. The molecule has 5 rings (SSSR count). The fourth-order valence-corrected chi connectivity index (χ4v) is 4.74. The molecule has 2 amide bonds. The van der Waals surface area contributed by atoms with Gasteiger partial charge in [-0.25, -0.2) is 0 Å². The number of amides is 2. The number of ether oxygens (including phenoxy) is 1. The molecule has 2 aromatic heterocycles. The lowest BCUT2D eigenvalue weighted by Gasteiger charge is -2.26. The number of benzene rings is 2. The highest BCUT2D eigenvalue weighted by Gasteiger charge is 2.18. The van der Waals surface area contributed by atoms with Crippen molar-refractivity contribution in [3.8, 4) is 10.6 Å². The zero-order valence-electron chi connectivity index (χ0n) is 19.7. The minimum absolute atomic E-state index is 0.0234. The number of nitrogens with zero attached hydrogens (tertiary/aromatic N) is 3. The van der Waals surface area contributed by atoms with E-state index >= 15 is 0 Å². The van der Waals surface area contributed by atoms with Gasteiger partial charge in [0, 0.05) is 42.2 Å². The quantitative estimate of drug-likeness (QED) is 0.372. The van der Waals surface area contributed by atoms with Crippen molar-refractivity contribution in [1.29, 1.82) is 0 Å². The molecule has 0 bridgehead atoms. The molecule has 0 radical (unpaired) electrons. The molecule has 1 aliphatic heterocycles. The number of rotatable bonds is 7. The first kappa shape index (κ1) is 23.7. The topological polar surface area (TPSA) is 76.5 Å². The SMILES string of the molecule is O=C(/C=C/c1cn(Cc2ccccc2)nc1-c1cccs1)Nc1ccc(C(=O)N2CCOCC2)cc1. The van der Waals surface area contributed by atoms with Gasteiger partial charge in [0.05, 0.1) is 24.6 Å². The number of carbonyl (C=O) groups excluding carboxylic acids is 2. The van der Waals surface area contributed by atoms with Gasteiger partial charge in [0.1, 0.15) is 5.69 Å². The zero-order valence-corrected chi connectivity index (χ0v) is 20.5. The molecule has 36 heavy (non-hydrogen) atoms. The number of anilines is 1. The molecule has 8 heteroatoms. The van der Waals surface area contributed by atoms with Gasteiger partial charge in [-0.2, -0.15) is 5.10 Å². The summed E-state index contributed by atoms with van der Waals surface area (Å²) in [4.78, 5) is 28.1. The minimum Gasteiger partial charge on any atom is -0.378 e. The van der Waals surface area contributed by atoms with Crippen LogP contribution in [-0.2, 0) is 16.1 Å². The Hall–Kier alpha value is -4.01. The number of hydrogen-bond acceptors (Lipinski definition) is 5. The van der Waals surface area contributed by atoms with E-state index in [1.165, 1.54) is 6.08 Å². The van der Waals surface area contributed by atoms with Crippen LogP contribution in [0.25, 0.3) is 16.6 Å². The van der Waals surface area contributed by atoms with Crippen LogP contribution in [0.5, 0.6) is 0 Å². The molecule has 7 nitrogen and oxygen atoms in total. The monoisotopic (exact) mass is 498 g/mol. The van der Waals surface area contributed by atoms with Crippen LogP contribution >= 0.6 is 11.3 Å². The van der Waals surface area contributed by atoms with Crippen LogP contribution in [-0.4, -0.2) is 52.8 Å². The first-order valence-corrected chi connectivity index (χ1v) is 12.6. The molecule has 4 aromatic rings. The Morgan fingerprint density at radius 2 is 1.78 bits per heavy atom. The van der Waals surface area contributed by atoms with Gasteiger partial charge in [-0.05, 0) is 47.4 Å². The van der Waals surface area contributed by atoms with Crippen LogP contribution < -0.4 is 5.32 Å². The number of carbonyl (C=O) groups is 2. The second-order valence-electron chi connectivity index (χ2n) is 8.40. The summed E-state index contributed by atoms with van der Waals surface area (Å²) in [6.07, 6.45) is 5.25. The third kappa shape index (κ3) is 5.79. The Balaban J connectivity index is 1.26. The summed E-state index contributed by atoms with van der Waals surface area (Å²) in [6.45, 7) is 2.96. The Kier molecular flexibility index (Phi) is 7.35. The maximum atomic E-state index is 12.6. The Labute approximate surface area is 213 Å². The lowest BCUT2D eigenvalue weighted by Crippen LogP contribution is -2.40. The van der Waals surface area contributed by atoms with E-state index in [9.17, 15) is 9.59 Å². The third-order valence-corrected chi connectivity index (χ3v) is 6.72. The smallest absolute Gasteiger partial charge is 0.254 e. The Morgan fingerprint density at radius 1 is 1.00 bits per heavy atom. The van der Waals surface area contributed by atoms with Gasteiger partial charge in [-0.15, -0.1) is 11.3 Å². The summed E-state index contributed by atoms with van der Waals surface area (Å²) in [5.74, 6) is -0.278. The van der Waals surface area contributed by atoms with Crippen LogP contribution in [0.1, 0.15) is 21.5 Å². The highest BCUT2D eigenvalue weighted by molar-refractivity contribution is 7.13. The Bertz CT molecular complexity index is 1340. The van der Waals surface area contributed by atoms with Crippen molar-refractivity contribution in [2.45, 2.75) is 6.54 Å². The number of nitrogens with one attached hydrogen (secondary N) is 1. The summed E-state index contributed by atoms with van der Waals surface area (Å²) < 4.78 is 7.20. The summed E-state index contributed by atoms with van der Waals surface area (Å²) >= 11 is 1.61. The van der Waals surface area contributed by atoms with Gasteiger partial charge in [0.15, 0.2) is 0 Å². The largest absolute Gasteiger partial charge is 0.378 e. The van der Waals surface area contributed by atoms with E-state index in [4.69, 9.17) is 9.84 Å². The highest BCUT2D eigenvalue weighted by atomic mass is 32.1. The molecule has 0 atom stereocenters. The highest BCUT2D eigenvalue weighted by Crippen LogP contribution is 2.28. The van der Waals surface area contributed by atoms with Crippen molar-refractivity contribution in [1.82, 2.24) is 14.7 Å². The average Bonchev–Trinajstić information content (AvgIpc) is 3.59. The number of thiophene rings is 1. The molecule has 1 saturated heterocycles. The summed E-state index contributed by atoms with van der Waals surface area (Å²) in [7, 11) is 0. The molecule has 0 spiro atoms. The van der Waals surface area contributed by atoms with Crippen molar-refractivity contribution in [2.75, 3.05) is 31.6 Å². The van der Waals surface area contributed by atoms with E-state index in [-0.39, 0.29) is 11.8 Å². The van der Waals surface area contributed by atoms with Crippen molar-refractivity contribution in [3.63, 3.8) is 0 Å². The van der Waals surface area contributed by atoms with Gasteiger partial charge >= 0.3 is 0 Å². The van der Waals surface area contributed by atoms with Gasteiger partial charge in [0.25, 0.3) is 5.91 Å². The van der Waals surface area contributed by atoms with Gasteiger partial charge < -0.3 is 15.0 Å². The molecule has 3 heterocycles.